The summed E-state index contributed by atoms with van der Waals surface area (Å²) < 4.78 is 16.1. The van der Waals surface area contributed by atoms with Crippen LogP contribution in [0.4, 0.5) is 5.69 Å². The molecule has 0 radical (unpaired) electrons. The summed E-state index contributed by atoms with van der Waals surface area (Å²) in [5.41, 5.74) is 0.564. The monoisotopic (exact) mass is 383 g/mol. The Morgan fingerprint density at radius 1 is 1.11 bits per heavy atom. The Labute approximate surface area is 156 Å². The van der Waals surface area contributed by atoms with Crippen molar-refractivity contribution in [1.29, 1.82) is 0 Å². The lowest BCUT2D eigenvalue weighted by molar-refractivity contribution is -0.278. The van der Waals surface area contributed by atoms with Gasteiger partial charge in [-0.1, -0.05) is 13.8 Å². The minimum Gasteiger partial charge on any atom is -0.463 e. The number of esters is 1. The van der Waals surface area contributed by atoms with Crippen LogP contribution < -0.4 is 10.1 Å². The molecule has 9 heteroatoms. The molecule has 0 spiro atoms. The van der Waals surface area contributed by atoms with Gasteiger partial charge in [0.2, 0.25) is 12.2 Å². The van der Waals surface area contributed by atoms with Gasteiger partial charge < -0.3 is 34.8 Å². The Kier molecular flexibility index (Phi) is 7.14. The fourth-order valence-corrected chi connectivity index (χ4v) is 2.44. The molecule has 1 aromatic carbocycles. The molecule has 2 unspecified atom stereocenters. The third kappa shape index (κ3) is 5.64. The van der Waals surface area contributed by atoms with E-state index < -0.39 is 36.7 Å². The summed E-state index contributed by atoms with van der Waals surface area (Å²) in [5, 5.41) is 32.8. The van der Waals surface area contributed by atoms with Gasteiger partial charge in [-0.2, -0.15) is 0 Å². The number of hydrogen-bond acceptors (Lipinski definition) is 8. The van der Waals surface area contributed by atoms with Crippen LogP contribution in [0.2, 0.25) is 0 Å². The Hall–Kier alpha value is -2.20. The van der Waals surface area contributed by atoms with Gasteiger partial charge in [0.15, 0.2) is 0 Å². The third-order valence-corrected chi connectivity index (χ3v) is 3.96. The zero-order valence-electron chi connectivity index (χ0n) is 15.4. The van der Waals surface area contributed by atoms with Crippen molar-refractivity contribution >= 4 is 17.6 Å². The maximum Gasteiger partial charge on any atom is 0.308 e. The molecule has 9 nitrogen and oxygen atoms in total. The number of rotatable bonds is 6. The summed E-state index contributed by atoms with van der Waals surface area (Å²) >= 11 is 0. The molecule has 1 saturated heterocycles. The lowest BCUT2D eigenvalue weighted by Gasteiger charge is -2.40. The van der Waals surface area contributed by atoms with Crippen LogP contribution in [0.3, 0.4) is 0 Å². The van der Waals surface area contributed by atoms with Gasteiger partial charge in [0, 0.05) is 12.6 Å². The third-order valence-electron chi connectivity index (χ3n) is 3.96. The molecule has 0 aromatic heterocycles. The summed E-state index contributed by atoms with van der Waals surface area (Å²) in [4.78, 5) is 22.6. The molecule has 1 aromatic rings. The minimum atomic E-state index is -1.54. The summed E-state index contributed by atoms with van der Waals surface area (Å²) in [7, 11) is 0. The smallest absolute Gasteiger partial charge is 0.308 e. The quantitative estimate of drug-likeness (QED) is 0.506. The van der Waals surface area contributed by atoms with Crippen LogP contribution >= 0.6 is 0 Å². The van der Waals surface area contributed by atoms with E-state index in [4.69, 9.17) is 14.2 Å². The Morgan fingerprint density at radius 3 is 2.30 bits per heavy atom. The number of benzene rings is 1. The van der Waals surface area contributed by atoms with Gasteiger partial charge in [-0.25, -0.2) is 0 Å². The van der Waals surface area contributed by atoms with E-state index in [1.165, 1.54) is 6.92 Å². The number of nitrogens with one attached hydrogen (secondary N) is 1. The lowest BCUT2D eigenvalue weighted by atomic mass is 9.99. The number of hydrogen-bond donors (Lipinski definition) is 4. The molecule has 27 heavy (non-hydrogen) atoms. The van der Waals surface area contributed by atoms with Crippen molar-refractivity contribution in [1.82, 2.24) is 0 Å². The molecule has 2 rings (SSSR count). The molecule has 1 heterocycles. The van der Waals surface area contributed by atoms with Gasteiger partial charge in [0.25, 0.3) is 0 Å². The van der Waals surface area contributed by atoms with Crippen molar-refractivity contribution in [2.24, 2.45) is 5.92 Å². The second-order valence-electron chi connectivity index (χ2n) is 6.62. The first kappa shape index (κ1) is 21.1. The van der Waals surface area contributed by atoms with E-state index in [1.54, 1.807) is 38.1 Å². The Bertz CT molecular complexity index is 647. The molecule has 0 saturated carbocycles. The molecule has 0 bridgehead atoms. The van der Waals surface area contributed by atoms with Crippen LogP contribution in [0.5, 0.6) is 5.75 Å². The van der Waals surface area contributed by atoms with Crippen LogP contribution in [0.1, 0.15) is 20.8 Å². The maximum absolute atomic E-state index is 11.6. The Balaban J connectivity index is 2.02. The molecule has 5 atom stereocenters. The van der Waals surface area contributed by atoms with Crippen molar-refractivity contribution in [3.63, 3.8) is 0 Å². The fraction of sp³-hybridized carbons (Fsp3) is 0.556. The van der Waals surface area contributed by atoms with Crippen molar-refractivity contribution < 1.29 is 39.1 Å². The average Bonchev–Trinajstić information content (AvgIpc) is 2.61. The van der Waals surface area contributed by atoms with Crippen LogP contribution in [0.25, 0.3) is 0 Å². The van der Waals surface area contributed by atoms with Crippen LogP contribution in [0.15, 0.2) is 24.3 Å². The SMILES string of the molecule is CC(=O)Nc1ccc(O[C@H]2O[C@H](COC(=O)C(C)C)[C@@H](O)C(O)C2O)cc1. The van der Waals surface area contributed by atoms with Gasteiger partial charge in [-0.15, -0.1) is 0 Å². The second kappa shape index (κ2) is 9.14. The van der Waals surface area contributed by atoms with E-state index >= 15 is 0 Å². The van der Waals surface area contributed by atoms with Crippen molar-refractivity contribution in [3.05, 3.63) is 24.3 Å². The molecule has 0 aliphatic carbocycles. The topological polar surface area (TPSA) is 135 Å². The average molecular weight is 383 g/mol. The minimum absolute atomic E-state index is 0.217. The largest absolute Gasteiger partial charge is 0.463 e. The number of ether oxygens (including phenoxy) is 3. The number of amides is 1. The highest BCUT2D eigenvalue weighted by Gasteiger charge is 2.45. The molecular weight excluding hydrogens is 358 g/mol. The second-order valence-corrected chi connectivity index (χ2v) is 6.62. The molecule has 4 N–H and O–H groups in total. The molecule has 1 fully saturated rings. The summed E-state index contributed by atoms with van der Waals surface area (Å²) in [5.74, 6) is -0.729. The zero-order valence-corrected chi connectivity index (χ0v) is 15.4. The van der Waals surface area contributed by atoms with E-state index in [2.05, 4.69) is 5.32 Å². The van der Waals surface area contributed by atoms with Crippen LogP contribution in [-0.4, -0.2) is 64.5 Å². The maximum atomic E-state index is 11.6. The fourth-order valence-electron chi connectivity index (χ4n) is 2.44. The van der Waals surface area contributed by atoms with E-state index in [-0.39, 0.29) is 18.4 Å². The van der Waals surface area contributed by atoms with Gasteiger partial charge in [-0.3, -0.25) is 9.59 Å². The summed E-state index contributed by atoms with van der Waals surface area (Å²) in [6.45, 7) is 4.42. The first-order chi connectivity index (χ1) is 12.7. The molecule has 1 aliphatic heterocycles. The molecule has 1 aliphatic rings. The number of anilines is 1. The van der Waals surface area contributed by atoms with Crippen LogP contribution in [0, 0.1) is 5.92 Å². The number of carbonyl (C=O) groups is 2. The molecule has 1 amide bonds. The van der Waals surface area contributed by atoms with Crippen molar-refractivity contribution in [2.75, 3.05) is 11.9 Å². The highest BCUT2D eigenvalue weighted by molar-refractivity contribution is 5.88. The number of aliphatic hydroxyl groups excluding tert-OH is 3. The van der Waals surface area contributed by atoms with Gasteiger partial charge >= 0.3 is 5.97 Å². The number of aliphatic hydroxyl groups is 3. The summed E-state index contributed by atoms with van der Waals surface area (Å²) in [6.07, 6.45) is -6.83. The van der Waals surface area contributed by atoms with Gasteiger partial charge in [0.1, 0.15) is 36.8 Å². The van der Waals surface area contributed by atoms with Crippen LogP contribution in [-0.2, 0) is 19.1 Å². The van der Waals surface area contributed by atoms with Crippen molar-refractivity contribution in [3.8, 4) is 5.75 Å². The lowest BCUT2D eigenvalue weighted by Crippen LogP contribution is -2.60. The highest BCUT2D eigenvalue weighted by atomic mass is 16.7. The predicted octanol–water partition coefficient (Wildman–Crippen LogP) is 0.0306. The Morgan fingerprint density at radius 2 is 1.74 bits per heavy atom. The number of carbonyl (C=O) groups excluding carboxylic acids is 2. The van der Waals surface area contributed by atoms with Gasteiger partial charge in [0.05, 0.1) is 5.92 Å². The zero-order chi connectivity index (χ0) is 20.1. The normalized spacial score (nSPS) is 27.9. The first-order valence-electron chi connectivity index (χ1n) is 8.59. The highest BCUT2D eigenvalue weighted by Crippen LogP contribution is 2.25. The molecule has 150 valence electrons. The first-order valence-corrected chi connectivity index (χ1v) is 8.59. The van der Waals surface area contributed by atoms with E-state index in [1.807, 2.05) is 0 Å². The predicted molar refractivity (Wildman–Crippen MR) is 93.9 cm³/mol. The van der Waals surface area contributed by atoms with Gasteiger partial charge in [-0.05, 0) is 24.3 Å². The standard InChI is InChI=1S/C18H25NO8/c1-9(2)17(24)25-8-13-14(21)15(22)16(23)18(27-13)26-12-6-4-11(5-7-12)19-10(3)20/h4-7,9,13-16,18,21-23H,8H2,1-3H3,(H,19,20)/t13-,14-,15?,16?,18+/m1/s1. The van der Waals surface area contributed by atoms with E-state index in [9.17, 15) is 24.9 Å². The summed E-state index contributed by atoms with van der Waals surface area (Å²) in [6, 6.07) is 6.29. The van der Waals surface area contributed by atoms with E-state index in [0.717, 1.165) is 0 Å². The van der Waals surface area contributed by atoms with E-state index in [0.29, 0.717) is 11.4 Å². The van der Waals surface area contributed by atoms with Crippen molar-refractivity contribution in [2.45, 2.75) is 51.5 Å². The molecular formula is C18H25NO8.